The average molecular weight is 306 g/mol. The van der Waals surface area contributed by atoms with Crippen LogP contribution in [0.25, 0.3) is 11.3 Å². The predicted molar refractivity (Wildman–Crippen MR) is 87.3 cm³/mol. The molecule has 0 saturated heterocycles. The van der Waals surface area contributed by atoms with Crippen LogP contribution < -0.4 is 10.1 Å². The molecule has 1 aromatic carbocycles. The van der Waals surface area contributed by atoms with Gasteiger partial charge in [-0.1, -0.05) is 24.6 Å². The highest BCUT2D eigenvalue weighted by atomic mass is 35.5. The van der Waals surface area contributed by atoms with Gasteiger partial charge in [0.05, 0.1) is 17.8 Å². The largest absolute Gasteiger partial charge is 0.495 e. The van der Waals surface area contributed by atoms with Gasteiger partial charge in [-0.05, 0) is 26.0 Å². The van der Waals surface area contributed by atoms with Gasteiger partial charge in [-0.25, -0.2) is 9.97 Å². The summed E-state index contributed by atoms with van der Waals surface area (Å²) in [6.07, 6.45) is 0.788. The average Bonchev–Trinajstić information content (AvgIpc) is 2.50. The maximum Gasteiger partial charge on any atom is 0.138 e. The van der Waals surface area contributed by atoms with E-state index in [-0.39, 0.29) is 0 Å². The Hall–Kier alpha value is -1.81. The summed E-state index contributed by atoms with van der Waals surface area (Å²) in [4.78, 5) is 9.21. The van der Waals surface area contributed by atoms with Gasteiger partial charge in [-0.3, -0.25) is 0 Å². The fourth-order valence-corrected chi connectivity index (χ4v) is 2.34. The van der Waals surface area contributed by atoms with Gasteiger partial charge < -0.3 is 10.1 Å². The van der Waals surface area contributed by atoms with Crippen LogP contribution in [0.2, 0.25) is 5.02 Å². The first-order valence-electron chi connectivity index (χ1n) is 7.06. The van der Waals surface area contributed by atoms with E-state index in [4.69, 9.17) is 16.3 Å². The molecule has 0 aliphatic heterocycles. The Bertz CT molecular complexity index is 644. The fraction of sp³-hybridized carbons (Fsp3) is 0.375. The van der Waals surface area contributed by atoms with Gasteiger partial charge in [0.2, 0.25) is 0 Å². The number of rotatable bonds is 5. The zero-order valence-corrected chi connectivity index (χ0v) is 13.6. The Kier molecular flexibility index (Phi) is 5.02. The maximum absolute atomic E-state index is 6.09. The van der Waals surface area contributed by atoms with Crippen LogP contribution in [0.4, 0.5) is 5.82 Å². The van der Waals surface area contributed by atoms with Crippen LogP contribution in [0.5, 0.6) is 5.75 Å². The summed E-state index contributed by atoms with van der Waals surface area (Å²) in [5, 5.41) is 3.89. The highest BCUT2D eigenvalue weighted by molar-refractivity contribution is 6.32. The third kappa shape index (κ3) is 3.27. The van der Waals surface area contributed by atoms with Crippen molar-refractivity contribution in [2.45, 2.75) is 27.2 Å². The molecule has 0 fully saturated rings. The highest BCUT2D eigenvalue weighted by Gasteiger charge is 2.13. The summed E-state index contributed by atoms with van der Waals surface area (Å²) in [6.45, 7) is 6.95. The molecular weight excluding hydrogens is 286 g/mol. The molecule has 1 aromatic heterocycles. The Morgan fingerprint density at radius 1 is 1.24 bits per heavy atom. The van der Waals surface area contributed by atoms with E-state index in [9.17, 15) is 0 Å². The SMILES string of the molecule is CCNc1nc(CC)nc(-c2ccc(Cl)c(OC)c2)c1C. The van der Waals surface area contributed by atoms with Crippen LogP contribution >= 0.6 is 11.6 Å². The maximum atomic E-state index is 6.09. The molecule has 2 aromatic rings. The lowest BCUT2D eigenvalue weighted by atomic mass is 10.1. The molecule has 0 amide bonds. The van der Waals surface area contributed by atoms with E-state index in [2.05, 4.69) is 22.2 Å². The number of nitrogens with zero attached hydrogens (tertiary/aromatic N) is 2. The van der Waals surface area contributed by atoms with Crippen LogP contribution in [0.3, 0.4) is 0 Å². The number of hydrogen-bond acceptors (Lipinski definition) is 4. The van der Waals surface area contributed by atoms with E-state index >= 15 is 0 Å². The number of aryl methyl sites for hydroxylation is 1. The molecule has 0 saturated carbocycles. The van der Waals surface area contributed by atoms with Gasteiger partial charge in [0, 0.05) is 24.1 Å². The predicted octanol–water partition coefficient (Wildman–Crippen LogP) is 4.11. The van der Waals surface area contributed by atoms with Gasteiger partial charge in [0.1, 0.15) is 17.4 Å². The molecule has 21 heavy (non-hydrogen) atoms. The highest BCUT2D eigenvalue weighted by Crippen LogP contribution is 2.32. The summed E-state index contributed by atoms with van der Waals surface area (Å²) in [7, 11) is 1.61. The minimum atomic E-state index is 0.593. The van der Waals surface area contributed by atoms with E-state index < -0.39 is 0 Å². The molecule has 112 valence electrons. The van der Waals surface area contributed by atoms with Gasteiger partial charge in [-0.2, -0.15) is 0 Å². The molecule has 4 nitrogen and oxygen atoms in total. The lowest BCUT2D eigenvalue weighted by molar-refractivity contribution is 0.415. The number of hydrogen-bond donors (Lipinski definition) is 1. The summed E-state index contributed by atoms with van der Waals surface area (Å²) in [6, 6.07) is 5.69. The van der Waals surface area contributed by atoms with Crippen LogP contribution in [0, 0.1) is 6.92 Å². The molecule has 0 bridgehead atoms. The molecular formula is C16H20ClN3O. The van der Waals surface area contributed by atoms with Crippen molar-refractivity contribution in [1.82, 2.24) is 9.97 Å². The molecule has 0 radical (unpaired) electrons. The van der Waals surface area contributed by atoms with Gasteiger partial charge >= 0.3 is 0 Å². The molecule has 2 rings (SSSR count). The summed E-state index contributed by atoms with van der Waals surface area (Å²) < 4.78 is 5.29. The fourth-order valence-electron chi connectivity index (χ4n) is 2.15. The third-order valence-corrected chi connectivity index (χ3v) is 3.59. The second-order valence-corrected chi connectivity index (χ2v) is 5.10. The van der Waals surface area contributed by atoms with E-state index in [0.29, 0.717) is 10.8 Å². The van der Waals surface area contributed by atoms with E-state index in [1.54, 1.807) is 7.11 Å². The molecule has 0 aliphatic rings. The lowest BCUT2D eigenvalue weighted by Crippen LogP contribution is -2.07. The smallest absolute Gasteiger partial charge is 0.138 e. The molecule has 0 aliphatic carbocycles. The zero-order chi connectivity index (χ0) is 15.4. The van der Waals surface area contributed by atoms with Crippen LogP contribution in [-0.2, 0) is 6.42 Å². The zero-order valence-electron chi connectivity index (χ0n) is 12.8. The topological polar surface area (TPSA) is 47.0 Å². The van der Waals surface area contributed by atoms with Crippen molar-refractivity contribution >= 4 is 17.4 Å². The van der Waals surface area contributed by atoms with Crippen LogP contribution in [-0.4, -0.2) is 23.6 Å². The number of halogens is 1. The standard InChI is InChI=1S/C16H20ClN3O/c1-5-14-19-15(10(3)16(20-14)18-6-2)11-7-8-12(17)13(9-11)21-4/h7-9H,5-6H2,1-4H3,(H,18,19,20). The second-order valence-electron chi connectivity index (χ2n) is 4.70. The number of anilines is 1. The van der Waals surface area contributed by atoms with Crippen molar-refractivity contribution in [2.24, 2.45) is 0 Å². The van der Waals surface area contributed by atoms with Gasteiger partial charge in [0.25, 0.3) is 0 Å². The lowest BCUT2D eigenvalue weighted by Gasteiger charge is -2.14. The molecule has 1 N–H and O–H groups in total. The second kappa shape index (κ2) is 6.76. The summed E-state index contributed by atoms with van der Waals surface area (Å²) in [5.41, 5.74) is 2.91. The van der Waals surface area contributed by atoms with E-state index in [1.165, 1.54) is 0 Å². The van der Waals surface area contributed by atoms with Crippen molar-refractivity contribution < 1.29 is 4.74 Å². The number of benzene rings is 1. The summed E-state index contributed by atoms with van der Waals surface area (Å²) >= 11 is 6.09. The number of ether oxygens (including phenoxy) is 1. The third-order valence-electron chi connectivity index (χ3n) is 3.28. The quantitative estimate of drug-likeness (QED) is 0.903. The van der Waals surface area contributed by atoms with Crippen LogP contribution in [0.1, 0.15) is 25.2 Å². The number of aromatic nitrogens is 2. The van der Waals surface area contributed by atoms with Crippen molar-refractivity contribution in [3.05, 3.63) is 34.6 Å². The van der Waals surface area contributed by atoms with Gasteiger partial charge in [-0.15, -0.1) is 0 Å². The van der Waals surface area contributed by atoms with Gasteiger partial charge in [0.15, 0.2) is 0 Å². The Balaban J connectivity index is 2.59. The van der Waals surface area contributed by atoms with Crippen LogP contribution in [0.15, 0.2) is 18.2 Å². The Morgan fingerprint density at radius 3 is 2.62 bits per heavy atom. The van der Waals surface area contributed by atoms with Crippen molar-refractivity contribution in [3.8, 4) is 17.0 Å². The first kappa shape index (κ1) is 15.6. The minimum absolute atomic E-state index is 0.593. The van der Waals surface area contributed by atoms with Crippen molar-refractivity contribution in [1.29, 1.82) is 0 Å². The molecule has 0 atom stereocenters. The number of methoxy groups -OCH3 is 1. The molecule has 0 unspecified atom stereocenters. The van der Waals surface area contributed by atoms with Crippen molar-refractivity contribution in [2.75, 3.05) is 19.0 Å². The number of nitrogens with one attached hydrogen (secondary N) is 1. The molecule has 5 heteroatoms. The van der Waals surface area contributed by atoms with Crippen molar-refractivity contribution in [3.63, 3.8) is 0 Å². The molecule has 0 spiro atoms. The minimum Gasteiger partial charge on any atom is -0.495 e. The monoisotopic (exact) mass is 305 g/mol. The first-order valence-corrected chi connectivity index (χ1v) is 7.43. The molecule has 1 heterocycles. The van der Waals surface area contributed by atoms with E-state index in [1.807, 2.05) is 32.0 Å². The normalized spacial score (nSPS) is 10.5. The Morgan fingerprint density at radius 2 is 2.00 bits per heavy atom. The first-order chi connectivity index (χ1) is 10.1. The van der Waals surface area contributed by atoms with E-state index in [0.717, 1.165) is 41.4 Å². The Labute approximate surface area is 130 Å². The summed E-state index contributed by atoms with van der Waals surface area (Å²) in [5.74, 6) is 2.35.